The SMILES string of the molecule is O=C(NC1CC1)C1CCN(c2cccc3c2C(=O)N(C2CCCCCCC2)C3=O)CC1. The Balaban J connectivity index is 1.32. The van der Waals surface area contributed by atoms with E-state index in [1.54, 1.807) is 11.0 Å². The minimum atomic E-state index is -0.119. The molecule has 0 radical (unpaired) electrons. The lowest BCUT2D eigenvalue weighted by Crippen LogP contribution is -2.42. The quantitative estimate of drug-likeness (QED) is 0.746. The van der Waals surface area contributed by atoms with Gasteiger partial charge in [-0.05, 0) is 50.7 Å². The third-order valence-electron chi connectivity index (χ3n) is 7.49. The van der Waals surface area contributed by atoms with E-state index in [1.165, 1.54) is 19.3 Å². The van der Waals surface area contributed by atoms with E-state index in [4.69, 9.17) is 0 Å². The van der Waals surface area contributed by atoms with Gasteiger partial charge in [-0.3, -0.25) is 19.3 Å². The summed E-state index contributed by atoms with van der Waals surface area (Å²) in [6.07, 6.45) is 11.4. The van der Waals surface area contributed by atoms with Gasteiger partial charge in [-0.1, -0.05) is 38.2 Å². The summed E-state index contributed by atoms with van der Waals surface area (Å²) in [4.78, 5) is 42.9. The number of nitrogens with one attached hydrogen (secondary N) is 1. The molecule has 2 aliphatic carbocycles. The number of imide groups is 1. The molecule has 5 rings (SSSR count). The maximum Gasteiger partial charge on any atom is 0.263 e. The highest BCUT2D eigenvalue weighted by atomic mass is 16.2. The van der Waals surface area contributed by atoms with E-state index in [1.807, 2.05) is 12.1 Å². The van der Waals surface area contributed by atoms with Crippen LogP contribution in [0.25, 0.3) is 0 Å². The van der Waals surface area contributed by atoms with Crippen LogP contribution in [0.1, 0.15) is 91.3 Å². The predicted octanol–water partition coefficient (Wildman–Crippen LogP) is 3.89. The summed E-state index contributed by atoms with van der Waals surface area (Å²) in [5.74, 6) is 0.000382. The number of benzene rings is 1. The minimum absolute atomic E-state index is 0.0254. The number of anilines is 1. The Morgan fingerprint density at radius 1 is 0.839 bits per heavy atom. The molecule has 3 fully saturated rings. The summed E-state index contributed by atoms with van der Waals surface area (Å²) in [5.41, 5.74) is 2.00. The topological polar surface area (TPSA) is 69.7 Å². The number of piperidine rings is 1. The lowest BCUT2D eigenvalue weighted by Gasteiger charge is -2.34. The number of nitrogens with zero attached hydrogens (tertiary/aromatic N) is 2. The molecular formula is C25H33N3O3. The van der Waals surface area contributed by atoms with Crippen molar-refractivity contribution in [2.24, 2.45) is 5.92 Å². The molecule has 1 aromatic carbocycles. The van der Waals surface area contributed by atoms with Gasteiger partial charge in [0, 0.05) is 31.1 Å². The van der Waals surface area contributed by atoms with Crippen molar-refractivity contribution in [2.75, 3.05) is 18.0 Å². The van der Waals surface area contributed by atoms with Crippen molar-refractivity contribution in [3.8, 4) is 0 Å². The molecule has 2 saturated carbocycles. The van der Waals surface area contributed by atoms with Gasteiger partial charge in [0.1, 0.15) is 0 Å². The van der Waals surface area contributed by atoms with Crippen molar-refractivity contribution in [3.05, 3.63) is 29.3 Å². The van der Waals surface area contributed by atoms with Gasteiger partial charge < -0.3 is 10.2 Å². The minimum Gasteiger partial charge on any atom is -0.371 e. The van der Waals surface area contributed by atoms with Gasteiger partial charge in [-0.2, -0.15) is 0 Å². The van der Waals surface area contributed by atoms with Crippen molar-refractivity contribution in [3.63, 3.8) is 0 Å². The molecule has 0 spiro atoms. The van der Waals surface area contributed by atoms with Gasteiger partial charge in [-0.25, -0.2) is 0 Å². The molecule has 166 valence electrons. The molecule has 2 heterocycles. The second-order valence-corrected chi connectivity index (χ2v) is 9.72. The first-order valence-corrected chi connectivity index (χ1v) is 12.2. The maximum absolute atomic E-state index is 13.5. The summed E-state index contributed by atoms with van der Waals surface area (Å²) in [6.45, 7) is 1.48. The molecule has 6 nitrogen and oxygen atoms in total. The molecule has 1 N–H and O–H groups in total. The van der Waals surface area contributed by atoms with E-state index in [0.29, 0.717) is 17.2 Å². The summed E-state index contributed by atoms with van der Waals surface area (Å²) >= 11 is 0. The highest BCUT2D eigenvalue weighted by Gasteiger charge is 2.42. The van der Waals surface area contributed by atoms with Gasteiger partial charge >= 0.3 is 0 Å². The Hall–Kier alpha value is -2.37. The zero-order valence-corrected chi connectivity index (χ0v) is 18.3. The predicted molar refractivity (Wildman–Crippen MR) is 119 cm³/mol. The Labute approximate surface area is 184 Å². The van der Waals surface area contributed by atoms with Crippen molar-refractivity contribution in [1.82, 2.24) is 10.2 Å². The van der Waals surface area contributed by atoms with Crippen LogP contribution in [0.15, 0.2) is 18.2 Å². The molecule has 1 aromatic rings. The number of carbonyl (C=O) groups is 3. The van der Waals surface area contributed by atoms with Crippen molar-refractivity contribution in [2.45, 2.75) is 82.7 Å². The number of carbonyl (C=O) groups excluding carboxylic acids is 3. The van der Waals surface area contributed by atoms with Crippen molar-refractivity contribution in [1.29, 1.82) is 0 Å². The van der Waals surface area contributed by atoms with Gasteiger partial charge in [0.15, 0.2) is 0 Å². The van der Waals surface area contributed by atoms with Crippen LogP contribution in [0.5, 0.6) is 0 Å². The van der Waals surface area contributed by atoms with Crippen LogP contribution in [0.4, 0.5) is 5.69 Å². The average Bonchev–Trinajstić information content (AvgIpc) is 3.54. The monoisotopic (exact) mass is 423 g/mol. The van der Waals surface area contributed by atoms with Crippen LogP contribution in [-0.4, -0.2) is 47.8 Å². The van der Waals surface area contributed by atoms with E-state index in [9.17, 15) is 14.4 Å². The molecular weight excluding hydrogens is 390 g/mol. The summed E-state index contributed by atoms with van der Waals surface area (Å²) in [6, 6.07) is 6.09. The second kappa shape index (κ2) is 8.64. The normalized spacial score (nSPS) is 23.5. The Kier molecular flexibility index (Phi) is 5.72. The Morgan fingerprint density at radius 2 is 1.52 bits per heavy atom. The number of hydrogen-bond acceptors (Lipinski definition) is 4. The van der Waals surface area contributed by atoms with E-state index in [2.05, 4.69) is 10.2 Å². The van der Waals surface area contributed by atoms with Crippen LogP contribution in [-0.2, 0) is 4.79 Å². The first kappa shape index (κ1) is 20.5. The standard InChI is InChI=1S/C25H33N3O3/c29-23(26-18-11-12-18)17-13-15-27(16-14-17)21-10-6-9-20-22(21)25(31)28(24(20)30)19-7-4-2-1-3-5-8-19/h6,9-10,17-19H,1-5,7-8,11-16H2,(H,26,29). The zero-order valence-electron chi connectivity index (χ0n) is 18.3. The maximum atomic E-state index is 13.5. The lowest BCUT2D eigenvalue weighted by atomic mass is 9.94. The molecule has 1 saturated heterocycles. The fourth-order valence-electron chi connectivity index (χ4n) is 5.50. The lowest BCUT2D eigenvalue weighted by molar-refractivity contribution is -0.125. The number of hydrogen-bond donors (Lipinski definition) is 1. The first-order chi connectivity index (χ1) is 15.1. The van der Waals surface area contributed by atoms with E-state index in [0.717, 1.165) is 70.1 Å². The van der Waals surface area contributed by atoms with Gasteiger partial charge in [0.2, 0.25) is 5.91 Å². The molecule has 0 atom stereocenters. The van der Waals surface area contributed by atoms with Gasteiger partial charge in [0.05, 0.1) is 16.8 Å². The molecule has 0 unspecified atom stereocenters. The average molecular weight is 424 g/mol. The summed E-state index contributed by atoms with van der Waals surface area (Å²) in [5, 5.41) is 3.12. The molecule has 0 bridgehead atoms. The third kappa shape index (κ3) is 4.09. The smallest absolute Gasteiger partial charge is 0.263 e. The zero-order chi connectivity index (χ0) is 21.4. The Morgan fingerprint density at radius 3 is 2.19 bits per heavy atom. The van der Waals surface area contributed by atoms with E-state index >= 15 is 0 Å². The molecule has 2 aliphatic heterocycles. The van der Waals surface area contributed by atoms with Crippen LogP contribution in [0.3, 0.4) is 0 Å². The van der Waals surface area contributed by atoms with Crippen LogP contribution in [0.2, 0.25) is 0 Å². The number of amides is 3. The summed E-state index contributed by atoms with van der Waals surface area (Å²) < 4.78 is 0. The fourth-order valence-corrected chi connectivity index (χ4v) is 5.50. The van der Waals surface area contributed by atoms with Gasteiger partial charge in [0.25, 0.3) is 11.8 Å². The fraction of sp³-hybridized carbons (Fsp3) is 0.640. The van der Waals surface area contributed by atoms with E-state index < -0.39 is 0 Å². The molecule has 31 heavy (non-hydrogen) atoms. The highest BCUT2D eigenvalue weighted by molar-refractivity contribution is 6.24. The number of rotatable bonds is 4. The molecule has 6 heteroatoms. The molecule has 0 aromatic heterocycles. The number of fused-ring (bicyclic) bond motifs is 1. The Bertz CT molecular complexity index is 863. The largest absolute Gasteiger partial charge is 0.371 e. The van der Waals surface area contributed by atoms with Crippen LogP contribution >= 0.6 is 0 Å². The summed E-state index contributed by atoms with van der Waals surface area (Å²) in [7, 11) is 0. The first-order valence-electron chi connectivity index (χ1n) is 12.2. The molecule has 3 amide bonds. The van der Waals surface area contributed by atoms with Crippen molar-refractivity contribution >= 4 is 23.4 Å². The molecule has 4 aliphatic rings. The van der Waals surface area contributed by atoms with Gasteiger partial charge in [-0.15, -0.1) is 0 Å². The highest BCUT2D eigenvalue weighted by Crippen LogP contribution is 2.36. The second-order valence-electron chi connectivity index (χ2n) is 9.72. The third-order valence-corrected chi connectivity index (χ3v) is 7.49. The van der Waals surface area contributed by atoms with Crippen LogP contribution < -0.4 is 10.2 Å². The van der Waals surface area contributed by atoms with Crippen LogP contribution in [0, 0.1) is 5.92 Å². The van der Waals surface area contributed by atoms with E-state index in [-0.39, 0.29) is 29.7 Å². The van der Waals surface area contributed by atoms with Crippen molar-refractivity contribution < 1.29 is 14.4 Å².